The molecule has 2 amide bonds. The van der Waals surface area contributed by atoms with Gasteiger partial charge in [0, 0.05) is 13.0 Å². The van der Waals surface area contributed by atoms with Gasteiger partial charge in [-0.1, -0.05) is 6.07 Å². The number of carbonyl (C=O) groups excluding carboxylic acids is 2. The van der Waals surface area contributed by atoms with E-state index in [2.05, 4.69) is 5.32 Å². The Bertz CT molecular complexity index is 582. The number of rotatable bonds is 3. The maximum absolute atomic E-state index is 13.4. The van der Waals surface area contributed by atoms with E-state index in [-0.39, 0.29) is 13.0 Å². The molecular weight excluding hydrogens is 311 g/mol. The predicted molar refractivity (Wildman–Crippen MR) is 64.9 cm³/mol. The molecule has 1 aromatic rings. The van der Waals surface area contributed by atoms with Crippen LogP contribution >= 0.6 is 0 Å². The lowest BCUT2D eigenvalue weighted by Gasteiger charge is -2.18. The molecular formula is C13H11F5N2O2. The molecule has 0 aromatic heterocycles. The van der Waals surface area contributed by atoms with Crippen LogP contribution in [0, 0.1) is 11.6 Å². The summed E-state index contributed by atoms with van der Waals surface area (Å²) in [4.78, 5) is 23.8. The smallest absolute Gasteiger partial charge is 0.347 e. The van der Waals surface area contributed by atoms with E-state index in [4.69, 9.17) is 0 Å². The summed E-state index contributed by atoms with van der Waals surface area (Å²) in [5, 5.41) is 2.17. The minimum Gasteiger partial charge on any atom is -0.347 e. The standard InChI is InChI=1S/C13H11F5N2O2/c14-8-2-1-3-9(15)11(8)12(22)19-7-4-10(21)20(5-7)6-13(16,17)18/h1-3,7H,4-6H2,(H,19,22). The first-order chi connectivity index (χ1) is 10.2. The zero-order valence-corrected chi connectivity index (χ0v) is 11.1. The second kappa shape index (κ2) is 5.90. The summed E-state index contributed by atoms with van der Waals surface area (Å²) >= 11 is 0. The summed E-state index contributed by atoms with van der Waals surface area (Å²) in [7, 11) is 0. The molecule has 1 saturated heterocycles. The van der Waals surface area contributed by atoms with E-state index in [0.29, 0.717) is 4.90 Å². The second-order valence-corrected chi connectivity index (χ2v) is 4.86. The minimum atomic E-state index is -4.55. The van der Waals surface area contributed by atoms with Gasteiger partial charge in [0.2, 0.25) is 5.91 Å². The van der Waals surface area contributed by atoms with Gasteiger partial charge >= 0.3 is 6.18 Å². The Morgan fingerprint density at radius 2 is 1.86 bits per heavy atom. The molecule has 1 N–H and O–H groups in total. The molecule has 1 fully saturated rings. The molecule has 4 nitrogen and oxygen atoms in total. The third-order valence-electron chi connectivity index (χ3n) is 3.11. The highest BCUT2D eigenvalue weighted by Crippen LogP contribution is 2.21. The number of alkyl halides is 3. The van der Waals surface area contributed by atoms with Crippen molar-refractivity contribution in [2.45, 2.75) is 18.6 Å². The summed E-state index contributed by atoms with van der Waals surface area (Å²) in [6, 6.07) is 1.91. The van der Waals surface area contributed by atoms with Crippen molar-refractivity contribution < 1.29 is 31.5 Å². The third kappa shape index (κ3) is 3.71. The molecule has 1 atom stereocenters. The Hall–Kier alpha value is -2.19. The fraction of sp³-hybridized carbons (Fsp3) is 0.385. The molecule has 1 aliphatic rings. The van der Waals surface area contributed by atoms with Crippen LogP contribution < -0.4 is 5.32 Å². The Morgan fingerprint density at radius 1 is 1.27 bits per heavy atom. The molecule has 1 aromatic carbocycles. The number of benzene rings is 1. The maximum Gasteiger partial charge on any atom is 0.406 e. The number of nitrogens with zero attached hydrogens (tertiary/aromatic N) is 1. The van der Waals surface area contributed by atoms with Crippen LogP contribution in [0.25, 0.3) is 0 Å². The highest BCUT2D eigenvalue weighted by molar-refractivity contribution is 5.95. The maximum atomic E-state index is 13.4. The molecule has 22 heavy (non-hydrogen) atoms. The van der Waals surface area contributed by atoms with Gasteiger partial charge < -0.3 is 10.2 Å². The van der Waals surface area contributed by atoms with Crippen LogP contribution in [-0.4, -0.2) is 42.0 Å². The van der Waals surface area contributed by atoms with Crippen molar-refractivity contribution >= 4 is 11.8 Å². The van der Waals surface area contributed by atoms with E-state index in [0.717, 1.165) is 18.2 Å². The Morgan fingerprint density at radius 3 is 2.41 bits per heavy atom. The van der Waals surface area contributed by atoms with Gasteiger partial charge in [-0.2, -0.15) is 13.2 Å². The fourth-order valence-corrected chi connectivity index (χ4v) is 2.21. The second-order valence-electron chi connectivity index (χ2n) is 4.86. The summed E-state index contributed by atoms with van der Waals surface area (Å²) in [6.07, 6.45) is -4.90. The quantitative estimate of drug-likeness (QED) is 0.864. The molecule has 120 valence electrons. The van der Waals surface area contributed by atoms with Crippen LogP contribution in [0.3, 0.4) is 0 Å². The van der Waals surface area contributed by atoms with Crippen molar-refractivity contribution in [2.75, 3.05) is 13.1 Å². The van der Waals surface area contributed by atoms with E-state index in [9.17, 15) is 31.5 Å². The number of hydrogen-bond acceptors (Lipinski definition) is 2. The van der Waals surface area contributed by atoms with Gasteiger partial charge in [-0.3, -0.25) is 9.59 Å². The number of halogens is 5. The first-order valence-corrected chi connectivity index (χ1v) is 6.27. The van der Waals surface area contributed by atoms with Gasteiger partial charge in [-0.05, 0) is 12.1 Å². The lowest BCUT2D eigenvalue weighted by atomic mass is 10.1. The number of nitrogens with one attached hydrogen (secondary N) is 1. The lowest BCUT2D eigenvalue weighted by molar-refractivity contribution is -0.157. The van der Waals surface area contributed by atoms with Crippen molar-refractivity contribution in [2.24, 2.45) is 0 Å². The Labute approximate surface area is 121 Å². The normalized spacial score (nSPS) is 18.7. The Kier molecular flexibility index (Phi) is 4.34. The number of amides is 2. The average molecular weight is 322 g/mol. The van der Waals surface area contributed by atoms with Gasteiger partial charge in [-0.25, -0.2) is 8.78 Å². The zero-order valence-electron chi connectivity index (χ0n) is 11.1. The number of hydrogen-bond donors (Lipinski definition) is 1. The zero-order chi connectivity index (χ0) is 16.5. The molecule has 0 aliphatic carbocycles. The van der Waals surface area contributed by atoms with Gasteiger partial charge in [0.1, 0.15) is 23.7 Å². The van der Waals surface area contributed by atoms with Gasteiger partial charge in [0.15, 0.2) is 0 Å². The highest BCUT2D eigenvalue weighted by atomic mass is 19.4. The molecule has 1 aliphatic heterocycles. The molecule has 0 spiro atoms. The van der Waals surface area contributed by atoms with Crippen molar-refractivity contribution in [1.82, 2.24) is 10.2 Å². The van der Waals surface area contributed by atoms with Gasteiger partial charge in [0.25, 0.3) is 5.91 Å². The summed E-state index contributed by atoms with van der Waals surface area (Å²) in [6.45, 7) is -1.79. The van der Waals surface area contributed by atoms with E-state index >= 15 is 0 Å². The molecule has 0 saturated carbocycles. The molecule has 0 radical (unpaired) electrons. The van der Waals surface area contributed by atoms with Gasteiger partial charge in [-0.15, -0.1) is 0 Å². The predicted octanol–water partition coefficient (Wildman–Crippen LogP) is 1.86. The fourth-order valence-electron chi connectivity index (χ4n) is 2.21. The summed E-state index contributed by atoms with van der Waals surface area (Å²) < 4.78 is 63.6. The first kappa shape index (κ1) is 16.2. The first-order valence-electron chi connectivity index (χ1n) is 6.27. The van der Waals surface area contributed by atoms with Crippen LogP contribution in [0.1, 0.15) is 16.8 Å². The van der Waals surface area contributed by atoms with E-state index in [1.54, 1.807) is 0 Å². The molecule has 2 rings (SSSR count). The van der Waals surface area contributed by atoms with Crippen LogP contribution in [0.2, 0.25) is 0 Å². The van der Waals surface area contributed by atoms with Crippen molar-refractivity contribution in [3.8, 4) is 0 Å². The molecule has 1 heterocycles. The van der Waals surface area contributed by atoms with Crippen LogP contribution in [0.5, 0.6) is 0 Å². The molecule has 9 heteroatoms. The van der Waals surface area contributed by atoms with E-state index in [1.807, 2.05) is 0 Å². The van der Waals surface area contributed by atoms with Crippen molar-refractivity contribution in [3.05, 3.63) is 35.4 Å². The monoisotopic (exact) mass is 322 g/mol. The summed E-state index contributed by atoms with van der Waals surface area (Å²) in [5.41, 5.74) is -0.829. The average Bonchev–Trinajstić information content (AvgIpc) is 2.66. The van der Waals surface area contributed by atoms with Crippen LogP contribution in [0.4, 0.5) is 22.0 Å². The lowest BCUT2D eigenvalue weighted by Crippen LogP contribution is -2.40. The van der Waals surface area contributed by atoms with Crippen molar-refractivity contribution in [3.63, 3.8) is 0 Å². The van der Waals surface area contributed by atoms with E-state index < -0.39 is 47.8 Å². The van der Waals surface area contributed by atoms with Gasteiger partial charge in [0.05, 0.1) is 6.04 Å². The number of likely N-dealkylation sites (tertiary alicyclic amines) is 1. The highest BCUT2D eigenvalue weighted by Gasteiger charge is 2.39. The third-order valence-corrected chi connectivity index (χ3v) is 3.11. The Balaban J connectivity index is 2.03. The largest absolute Gasteiger partial charge is 0.406 e. The topological polar surface area (TPSA) is 49.4 Å². The van der Waals surface area contributed by atoms with Crippen LogP contribution in [0.15, 0.2) is 18.2 Å². The van der Waals surface area contributed by atoms with Crippen molar-refractivity contribution in [1.29, 1.82) is 0 Å². The van der Waals surface area contributed by atoms with Crippen LogP contribution in [-0.2, 0) is 4.79 Å². The molecule has 1 unspecified atom stereocenters. The molecule has 0 bridgehead atoms. The minimum absolute atomic E-state index is 0.349. The number of carbonyl (C=O) groups is 2. The summed E-state index contributed by atoms with van der Waals surface area (Å²) in [5.74, 6) is -4.07. The SMILES string of the molecule is O=C(NC1CC(=O)N(CC(F)(F)F)C1)c1c(F)cccc1F. The van der Waals surface area contributed by atoms with E-state index in [1.165, 1.54) is 0 Å².